The summed E-state index contributed by atoms with van der Waals surface area (Å²) in [5.41, 5.74) is 0.00940. The zero-order chi connectivity index (χ0) is 26.8. The zero-order valence-corrected chi connectivity index (χ0v) is 22.0. The van der Waals surface area contributed by atoms with Gasteiger partial charge in [0.05, 0.1) is 4.90 Å². The minimum atomic E-state index is -4.35. The number of nitrogens with one attached hydrogen (secondary N) is 2. The van der Waals surface area contributed by atoms with Crippen LogP contribution in [0.15, 0.2) is 38.8 Å². The van der Waals surface area contributed by atoms with Crippen LogP contribution in [0, 0.1) is 17.8 Å². The van der Waals surface area contributed by atoms with E-state index in [9.17, 15) is 22.8 Å². The molecule has 1 amide bonds. The maximum atomic E-state index is 13.4. The molecule has 4 aliphatic rings. The minimum Gasteiger partial charge on any atom is -0.350 e. The van der Waals surface area contributed by atoms with Gasteiger partial charge in [0.25, 0.3) is 21.6 Å². The monoisotopic (exact) mass is 541 g/mol. The molecule has 4 saturated carbocycles. The lowest BCUT2D eigenvalue weighted by Gasteiger charge is -2.30. The van der Waals surface area contributed by atoms with E-state index < -0.39 is 21.7 Å². The number of carbonyl (C=O) groups is 1. The van der Waals surface area contributed by atoms with Gasteiger partial charge in [-0.2, -0.15) is 8.42 Å². The number of nitrogens with zero attached hydrogens (tertiary/aromatic N) is 3. The van der Waals surface area contributed by atoms with Gasteiger partial charge in [0.15, 0.2) is 5.65 Å². The van der Waals surface area contributed by atoms with Gasteiger partial charge in [0.1, 0.15) is 11.3 Å². The van der Waals surface area contributed by atoms with Crippen molar-refractivity contribution in [2.24, 2.45) is 17.8 Å². The third-order valence-electron chi connectivity index (χ3n) is 8.81. The minimum absolute atomic E-state index is 0.0437. The van der Waals surface area contributed by atoms with Gasteiger partial charge in [-0.25, -0.2) is 9.78 Å². The predicted octanol–water partition coefficient (Wildman–Crippen LogP) is 2.05. The summed E-state index contributed by atoms with van der Waals surface area (Å²) in [6.45, 7) is 2.39. The van der Waals surface area contributed by atoms with E-state index in [-0.39, 0.29) is 41.1 Å². The topological polar surface area (TPSA) is 156 Å². The molecule has 4 fully saturated rings. The maximum Gasteiger partial charge on any atom is 0.332 e. The van der Waals surface area contributed by atoms with Gasteiger partial charge in [-0.3, -0.25) is 23.3 Å². The lowest BCUT2D eigenvalue weighted by Crippen LogP contribution is -2.41. The number of fused-ring (bicyclic) bond motifs is 1. The quantitative estimate of drug-likeness (QED) is 0.369. The summed E-state index contributed by atoms with van der Waals surface area (Å²) < 4.78 is 34.3. The molecule has 0 saturated heterocycles. The Hall–Kier alpha value is -3.25. The highest BCUT2D eigenvalue weighted by molar-refractivity contribution is 7.85. The second-order valence-corrected chi connectivity index (χ2v) is 12.6. The largest absolute Gasteiger partial charge is 0.350 e. The summed E-state index contributed by atoms with van der Waals surface area (Å²) in [6.07, 6.45) is 6.47. The number of aromatic amines is 1. The fourth-order valence-electron chi connectivity index (χ4n) is 7.37. The fraction of sp³-hybridized carbons (Fsp3) is 0.538. The number of benzene rings is 1. The highest BCUT2D eigenvalue weighted by Crippen LogP contribution is 2.65. The number of imidazole rings is 1. The molecule has 11 nitrogen and oxygen atoms in total. The van der Waals surface area contributed by atoms with E-state index in [0.717, 1.165) is 30.8 Å². The molecule has 202 valence electrons. The van der Waals surface area contributed by atoms with Crippen molar-refractivity contribution in [1.82, 2.24) is 24.4 Å². The Morgan fingerprint density at radius 1 is 1.11 bits per heavy atom. The second kappa shape index (κ2) is 8.91. The van der Waals surface area contributed by atoms with Crippen molar-refractivity contribution >= 4 is 27.2 Å². The van der Waals surface area contributed by atoms with Crippen molar-refractivity contribution in [3.8, 4) is 0 Å². The Balaban J connectivity index is 1.30. The number of hydrogen-bond acceptors (Lipinski definition) is 6. The summed E-state index contributed by atoms with van der Waals surface area (Å²) >= 11 is 0. The molecular formula is C26H31N5O6S. The molecular weight excluding hydrogens is 510 g/mol. The summed E-state index contributed by atoms with van der Waals surface area (Å²) in [5.74, 6) is 2.35. The van der Waals surface area contributed by atoms with E-state index in [4.69, 9.17) is 9.54 Å². The Morgan fingerprint density at radius 2 is 1.79 bits per heavy atom. The molecule has 2 aromatic heterocycles. The highest BCUT2D eigenvalue weighted by atomic mass is 32.2. The van der Waals surface area contributed by atoms with Gasteiger partial charge in [0, 0.05) is 30.6 Å². The van der Waals surface area contributed by atoms with Gasteiger partial charge < -0.3 is 10.3 Å². The van der Waals surface area contributed by atoms with Crippen molar-refractivity contribution in [2.75, 3.05) is 6.54 Å². The maximum absolute atomic E-state index is 13.4. The number of aromatic nitrogens is 4. The van der Waals surface area contributed by atoms with E-state index in [1.165, 1.54) is 40.5 Å². The molecule has 2 heterocycles. The van der Waals surface area contributed by atoms with Crippen LogP contribution in [0.3, 0.4) is 0 Å². The van der Waals surface area contributed by atoms with Crippen LogP contribution in [0.25, 0.3) is 11.2 Å². The second-order valence-electron chi connectivity index (χ2n) is 11.1. The fourth-order valence-corrected chi connectivity index (χ4v) is 7.85. The van der Waals surface area contributed by atoms with E-state index in [1.54, 1.807) is 0 Å². The summed E-state index contributed by atoms with van der Waals surface area (Å²) in [6, 6.07) is 4.89. The first kappa shape index (κ1) is 25.1. The summed E-state index contributed by atoms with van der Waals surface area (Å²) in [5, 5.41) is 2.74. The number of rotatable bonds is 8. The van der Waals surface area contributed by atoms with Crippen LogP contribution >= 0.6 is 0 Å². The lowest BCUT2D eigenvalue weighted by atomic mass is 9.75. The third kappa shape index (κ3) is 3.92. The molecule has 0 spiro atoms. The van der Waals surface area contributed by atoms with E-state index in [0.29, 0.717) is 35.3 Å². The molecule has 7 rings (SSSR count). The van der Waals surface area contributed by atoms with E-state index in [1.807, 2.05) is 6.92 Å². The molecule has 3 N–H and O–H groups in total. The number of H-pyrrole nitrogens is 1. The van der Waals surface area contributed by atoms with Crippen molar-refractivity contribution < 1.29 is 17.8 Å². The van der Waals surface area contributed by atoms with E-state index in [2.05, 4.69) is 10.3 Å². The van der Waals surface area contributed by atoms with Crippen LogP contribution in [0.1, 0.15) is 61.6 Å². The van der Waals surface area contributed by atoms with Gasteiger partial charge in [-0.1, -0.05) is 6.92 Å². The smallest absolute Gasteiger partial charge is 0.332 e. The first-order valence-electron chi connectivity index (χ1n) is 13.2. The summed E-state index contributed by atoms with van der Waals surface area (Å²) in [4.78, 5) is 47.2. The standard InChI is InChI=1S/C26H31N5O6S/c1-2-8-31-23(33)20-21(29-24(28-20)26-13-15-10-16(14-26)12-18(26)11-15)30(25(31)34)9-7-27-22(32)17-3-5-19(6-4-17)38(35,36)37/h3-6,15-16,18H,2,7-14H2,1H3,(H,27,32)(H,28,29)(H,35,36,37)/t15-,16+,18?,26?. The zero-order valence-electron chi connectivity index (χ0n) is 21.1. The Kier molecular flexibility index (Phi) is 5.87. The van der Waals surface area contributed by atoms with Crippen molar-refractivity contribution in [1.29, 1.82) is 0 Å². The Morgan fingerprint density at radius 3 is 2.42 bits per heavy atom. The molecule has 2 unspecified atom stereocenters. The van der Waals surface area contributed by atoms with E-state index >= 15 is 0 Å². The SMILES string of the molecule is CCCn1c(=O)c2[nH]c(C34C[C@@H]5CC3C[C@@H](C5)C4)nc2n(CCNC(=O)c2ccc(S(=O)(=O)O)cc2)c1=O. The van der Waals surface area contributed by atoms with Crippen molar-refractivity contribution in [3.05, 3.63) is 56.5 Å². The number of carbonyl (C=O) groups excluding carboxylic acids is 1. The van der Waals surface area contributed by atoms with Gasteiger partial charge in [-0.15, -0.1) is 0 Å². The normalized spacial score (nSPS) is 25.9. The molecule has 1 aromatic carbocycles. The molecule has 0 radical (unpaired) electrons. The highest BCUT2D eigenvalue weighted by Gasteiger charge is 2.59. The van der Waals surface area contributed by atoms with Crippen LogP contribution < -0.4 is 16.6 Å². The van der Waals surface area contributed by atoms with Crippen LogP contribution in [0.2, 0.25) is 0 Å². The number of hydrogen-bond donors (Lipinski definition) is 3. The summed E-state index contributed by atoms with van der Waals surface area (Å²) in [7, 11) is -4.35. The average molecular weight is 542 g/mol. The molecule has 4 atom stereocenters. The van der Waals surface area contributed by atoms with Gasteiger partial charge in [0.2, 0.25) is 0 Å². The molecule has 12 heteroatoms. The van der Waals surface area contributed by atoms with Crippen molar-refractivity contribution in [2.45, 2.75) is 68.8 Å². The number of amides is 1. The Bertz CT molecular complexity index is 1640. The Labute approximate surface area is 219 Å². The lowest BCUT2D eigenvalue weighted by molar-refractivity contribution is 0.0952. The van der Waals surface area contributed by atoms with Crippen LogP contribution in [-0.4, -0.2) is 44.5 Å². The van der Waals surface area contributed by atoms with Crippen LogP contribution in [0.5, 0.6) is 0 Å². The molecule has 4 bridgehead atoms. The van der Waals surface area contributed by atoms with Gasteiger partial charge >= 0.3 is 5.69 Å². The first-order valence-corrected chi connectivity index (χ1v) is 14.6. The van der Waals surface area contributed by atoms with Crippen LogP contribution in [0.4, 0.5) is 0 Å². The first-order chi connectivity index (χ1) is 18.1. The average Bonchev–Trinajstić information content (AvgIpc) is 3.51. The molecule has 3 aromatic rings. The molecule has 4 aliphatic carbocycles. The molecule has 38 heavy (non-hydrogen) atoms. The van der Waals surface area contributed by atoms with Crippen molar-refractivity contribution in [3.63, 3.8) is 0 Å². The van der Waals surface area contributed by atoms with Crippen LogP contribution in [-0.2, 0) is 28.6 Å². The molecule has 0 aliphatic heterocycles. The third-order valence-corrected chi connectivity index (χ3v) is 9.67. The predicted molar refractivity (Wildman–Crippen MR) is 139 cm³/mol. The van der Waals surface area contributed by atoms with Gasteiger partial charge in [-0.05, 0) is 80.5 Å².